The third-order valence-corrected chi connectivity index (χ3v) is 2.52. The fraction of sp³-hybridized carbons (Fsp3) is 0.727. The normalized spacial score (nSPS) is 17.9. The van der Waals surface area contributed by atoms with Crippen LogP contribution in [0.2, 0.25) is 0 Å². The Morgan fingerprint density at radius 1 is 1.25 bits per heavy atom. The van der Waals surface area contributed by atoms with E-state index in [2.05, 4.69) is 4.99 Å². The van der Waals surface area contributed by atoms with Gasteiger partial charge in [-0.25, -0.2) is 0 Å². The van der Waals surface area contributed by atoms with Gasteiger partial charge >= 0.3 is 11.9 Å². The van der Waals surface area contributed by atoms with Gasteiger partial charge < -0.3 is 9.47 Å². The molecule has 0 radical (unpaired) electrons. The van der Waals surface area contributed by atoms with Crippen LogP contribution in [0.25, 0.3) is 0 Å². The van der Waals surface area contributed by atoms with E-state index in [0.29, 0.717) is 12.8 Å². The van der Waals surface area contributed by atoms with Gasteiger partial charge in [0, 0.05) is 0 Å². The lowest BCUT2D eigenvalue weighted by molar-refractivity contribution is -0.171. The van der Waals surface area contributed by atoms with Crippen LogP contribution in [0.15, 0.2) is 4.99 Å². The minimum atomic E-state index is -1.22. The van der Waals surface area contributed by atoms with Crippen molar-refractivity contribution in [2.45, 2.75) is 26.7 Å². The molecule has 0 N–H and O–H groups in total. The van der Waals surface area contributed by atoms with E-state index >= 15 is 0 Å². The van der Waals surface area contributed by atoms with Crippen LogP contribution in [-0.2, 0) is 19.1 Å². The molecule has 0 spiro atoms. The van der Waals surface area contributed by atoms with Crippen molar-refractivity contribution in [2.75, 3.05) is 19.8 Å². The van der Waals surface area contributed by atoms with Crippen LogP contribution >= 0.6 is 0 Å². The molecule has 0 aromatic rings. The van der Waals surface area contributed by atoms with E-state index in [1.165, 1.54) is 0 Å². The van der Waals surface area contributed by atoms with Crippen LogP contribution in [-0.4, -0.2) is 37.9 Å². The summed E-state index contributed by atoms with van der Waals surface area (Å²) in [6.07, 6.45) is 2.72. The van der Waals surface area contributed by atoms with Gasteiger partial charge in [-0.1, -0.05) is 0 Å². The van der Waals surface area contributed by atoms with E-state index in [1.54, 1.807) is 20.1 Å². The standard InChI is InChI=1S/C11H17NO4/c1-3-15-9(13)11(10(14)16-4-2)6-5-7-12-8-11/h7H,3-6,8H2,1-2H3. The van der Waals surface area contributed by atoms with Crippen molar-refractivity contribution in [2.24, 2.45) is 10.4 Å². The van der Waals surface area contributed by atoms with E-state index in [-0.39, 0.29) is 19.8 Å². The molecule has 0 aliphatic carbocycles. The lowest BCUT2D eigenvalue weighted by Crippen LogP contribution is -2.46. The molecule has 5 nitrogen and oxygen atoms in total. The third-order valence-electron chi connectivity index (χ3n) is 2.52. The Labute approximate surface area is 94.8 Å². The van der Waals surface area contributed by atoms with Crippen LogP contribution in [0.3, 0.4) is 0 Å². The van der Waals surface area contributed by atoms with Crippen molar-refractivity contribution in [3.05, 3.63) is 0 Å². The second-order valence-corrected chi connectivity index (χ2v) is 3.58. The molecule has 0 saturated heterocycles. The van der Waals surface area contributed by atoms with Gasteiger partial charge in [-0.05, 0) is 32.9 Å². The number of nitrogens with zero attached hydrogens (tertiary/aromatic N) is 1. The van der Waals surface area contributed by atoms with Gasteiger partial charge in [0.15, 0.2) is 5.41 Å². The van der Waals surface area contributed by atoms with Crippen molar-refractivity contribution in [3.63, 3.8) is 0 Å². The van der Waals surface area contributed by atoms with Crippen molar-refractivity contribution in [1.29, 1.82) is 0 Å². The molecule has 0 bridgehead atoms. The van der Waals surface area contributed by atoms with Crippen LogP contribution in [0, 0.1) is 5.41 Å². The van der Waals surface area contributed by atoms with E-state index in [0.717, 1.165) is 0 Å². The first-order valence-corrected chi connectivity index (χ1v) is 5.50. The van der Waals surface area contributed by atoms with Crippen molar-refractivity contribution >= 4 is 18.2 Å². The maximum absolute atomic E-state index is 11.8. The highest BCUT2D eigenvalue weighted by molar-refractivity contribution is 6.01. The van der Waals surface area contributed by atoms with Gasteiger partial charge in [-0.2, -0.15) is 0 Å². The SMILES string of the molecule is CCOC(=O)C1(C(=O)OCC)CCC=NC1. The molecule has 1 heterocycles. The number of carbonyl (C=O) groups is 2. The van der Waals surface area contributed by atoms with Gasteiger partial charge in [0.2, 0.25) is 0 Å². The van der Waals surface area contributed by atoms with Crippen molar-refractivity contribution in [1.82, 2.24) is 0 Å². The number of aliphatic imine (C=N–C) groups is 1. The fourth-order valence-corrected chi connectivity index (χ4v) is 1.66. The summed E-state index contributed by atoms with van der Waals surface area (Å²) in [5.41, 5.74) is -1.22. The average Bonchev–Trinajstić information content (AvgIpc) is 2.30. The topological polar surface area (TPSA) is 65.0 Å². The molecule has 1 rings (SSSR count). The number of carbonyl (C=O) groups excluding carboxylic acids is 2. The molecule has 0 atom stereocenters. The molecule has 0 amide bonds. The summed E-state index contributed by atoms with van der Waals surface area (Å²) >= 11 is 0. The van der Waals surface area contributed by atoms with E-state index in [9.17, 15) is 9.59 Å². The monoisotopic (exact) mass is 227 g/mol. The van der Waals surface area contributed by atoms with E-state index in [4.69, 9.17) is 9.47 Å². The molecule has 0 fully saturated rings. The Hall–Kier alpha value is -1.39. The maximum atomic E-state index is 11.8. The smallest absolute Gasteiger partial charge is 0.325 e. The first-order chi connectivity index (χ1) is 7.67. The molecular weight excluding hydrogens is 210 g/mol. The molecule has 0 aromatic heterocycles. The summed E-state index contributed by atoms with van der Waals surface area (Å²) in [4.78, 5) is 27.7. The zero-order valence-electron chi connectivity index (χ0n) is 9.69. The highest BCUT2D eigenvalue weighted by Crippen LogP contribution is 2.30. The van der Waals surface area contributed by atoms with Crippen LogP contribution < -0.4 is 0 Å². The van der Waals surface area contributed by atoms with Gasteiger partial charge in [0.05, 0.1) is 19.8 Å². The second kappa shape index (κ2) is 5.63. The summed E-state index contributed by atoms with van der Waals surface area (Å²) in [5, 5.41) is 0. The van der Waals surface area contributed by atoms with Crippen LogP contribution in [0.4, 0.5) is 0 Å². The number of esters is 2. The zero-order valence-corrected chi connectivity index (χ0v) is 9.69. The van der Waals surface area contributed by atoms with Crippen molar-refractivity contribution < 1.29 is 19.1 Å². The quantitative estimate of drug-likeness (QED) is 0.530. The van der Waals surface area contributed by atoms with Gasteiger partial charge in [0.25, 0.3) is 0 Å². The first kappa shape index (κ1) is 12.7. The average molecular weight is 227 g/mol. The van der Waals surface area contributed by atoms with Gasteiger partial charge in [-0.3, -0.25) is 14.6 Å². The van der Waals surface area contributed by atoms with E-state index in [1.807, 2.05) is 0 Å². The first-order valence-electron chi connectivity index (χ1n) is 5.50. The Bertz CT molecular complexity index is 280. The Balaban J connectivity index is 2.87. The molecule has 0 saturated carbocycles. The van der Waals surface area contributed by atoms with Crippen LogP contribution in [0.1, 0.15) is 26.7 Å². The highest BCUT2D eigenvalue weighted by Gasteiger charge is 2.49. The highest BCUT2D eigenvalue weighted by atomic mass is 16.6. The third kappa shape index (κ3) is 2.40. The maximum Gasteiger partial charge on any atom is 0.325 e. The van der Waals surface area contributed by atoms with Gasteiger partial charge in [0.1, 0.15) is 0 Å². The summed E-state index contributed by atoms with van der Waals surface area (Å²) in [7, 11) is 0. The molecule has 1 aliphatic rings. The second-order valence-electron chi connectivity index (χ2n) is 3.58. The Morgan fingerprint density at radius 2 is 1.81 bits per heavy atom. The summed E-state index contributed by atoms with van der Waals surface area (Å²) in [5.74, 6) is -1.05. The number of rotatable bonds is 4. The molecule has 90 valence electrons. The minimum Gasteiger partial charge on any atom is -0.465 e. The van der Waals surface area contributed by atoms with Gasteiger partial charge in [-0.15, -0.1) is 0 Å². The predicted molar refractivity (Wildman–Crippen MR) is 58.3 cm³/mol. The number of hydrogen-bond donors (Lipinski definition) is 0. The van der Waals surface area contributed by atoms with Crippen molar-refractivity contribution in [3.8, 4) is 0 Å². The summed E-state index contributed by atoms with van der Waals surface area (Å²) in [6, 6.07) is 0. The summed E-state index contributed by atoms with van der Waals surface area (Å²) < 4.78 is 9.88. The number of ether oxygens (including phenoxy) is 2. The summed E-state index contributed by atoms with van der Waals surface area (Å²) in [6.45, 7) is 4.06. The lowest BCUT2D eigenvalue weighted by atomic mass is 9.82. The van der Waals surface area contributed by atoms with E-state index < -0.39 is 17.4 Å². The molecule has 1 aliphatic heterocycles. The fourth-order valence-electron chi connectivity index (χ4n) is 1.66. The minimum absolute atomic E-state index is 0.130. The lowest BCUT2D eigenvalue weighted by Gasteiger charge is -2.29. The molecule has 0 unspecified atom stereocenters. The zero-order chi connectivity index (χ0) is 12.0. The number of hydrogen-bond acceptors (Lipinski definition) is 5. The molecular formula is C11H17NO4. The largest absolute Gasteiger partial charge is 0.465 e. The Kier molecular flexibility index (Phi) is 4.46. The molecule has 0 aromatic carbocycles. The van der Waals surface area contributed by atoms with Crippen LogP contribution in [0.5, 0.6) is 0 Å². The molecule has 16 heavy (non-hydrogen) atoms. The predicted octanol–water partition coefficient (Wildman–Crippen LogP) is 0.964. The molecule has 5 heteroatoms. The Morgan fingerprint density at radius 3 is 2.19 bits per heavy atom.